The van der Waals surface area contributed by atoms with Gasteiger partial charge in [-0.1, -0.05) is 6.92 Å². The molecule has 0 saturated carbocycles. The van der Waals surface area contributed by atoms with E-state index in [1.54, 1.807) is 7.11 Å². The number of hydrogen-bond acceptors (Lipinski definition) is 4. The fourth-order valence-electron chi connectivity index (χ4n) is 1.18. The van der Waals surface area contributed by atoms with E-state index in [0.29, 0.717) is 19.7 Å². The molecule has 0 aromatic rings. The quantitative estimate of drug-likeness (QED) is 0.455. The normalized spacial score (nSPS) is 10.0. The van der Waals surface area contributed by atoms with Gasteiger partial charge < -0.3 is 10.1 Å². The van der Waals surface area contributed by atoms with Crippen molar-refractivity contribution in [2.75, 3.05) is 39.9 Å². The molecule has 0 bridgehead atoms. The van der Waals surface area contributed by atoms with E-state index < -0.39 is 0 Å². The van der Waals surface area contributed by atoms with Gasteiger partial charge in [0.2, 0.25) is 5.91 Å². The van der Waals surface area contributed by atoms with Gasteiger partial charge in [-0.25, -0.2) is 0 Å². The molecule has 0 radical (unpaired) electrons. The molecular formula is C10H19N3O2. The first-order chi connectivity index (χ1) is 7.24. The summed E-state index contributed by atoms with van der Waals surface area (Å²) in [6, 6.07) is 2.05. The maximum atomic E-state index is 11.4. The summed E-state index contributed by atoms with van der Waals surface area (Å²) in [6.07, 6.45) is 0.938. The van der Waals surface area contributed by atoms with Crippen LogP contribution in [0.5, 0.6) is 0 Å². The Hall–Kier alpha value is -1.12. The molecule has 0 aromatic carbocycles. The fraction of sp³-hybridized carbons (Fsp3) is 0.800. The van der Waals surface area contributed by atoms with Gasteiger partial charge in [0.25, 0.3) is 0 Å². The van der Waals surface area contributed by atoms with Crippen molar-refractivity contribution in [2.45, 2.75) is 13.3 Å². The van der Waals surface area contributed by atoms with Gasteiger partial charge in [-0.2, -0.15) is 5.26 Å². The van der Waals surface area contributed by atoms with Crippen molar-refractivity contribution in [3.05, 3.63) is 0 Å². The number of nitrogens with one attached hydrogen (secondary N) is 1. The second-order valence-corrected chi connectivity index (χ2v) is 3.21. The molecule has 0 rings (SSSR count). The smallest absolute Gasteiger partial charge is 0.234 e. The first-order valence-electron chi connectivity index (χ1n) is 5.09. The lowest BCUT2D eigenvalue weighted by Gasteiger charge is -2.17. The van der Waals surface area contributed by atoms with Gasteiger partial charge in [0.15, 0.2) is 0 Å². The van der Waals surface area contributed by atoms with Gasteiger partial charge in [-0.05, 0) is 13.0 Å². The van der Waals surface area contributed by atoms with E-state index in [-0.39, 0.29) is 12.5 Å². The van der Waals surface area contributed by atoms with Crippen LogP contribution in [-0.4, -0.2) is 50.7 Å². The molecule has 0 saturated heterocycles. The first-order valence-corrected chi connectivity index (χ1v) is 5.09. The van der Waals surface area contributed by atoms with Gasteiger partial charge in [0.1, 0.15) is 0 Å². The Kier molecular flexibility index (Phi) is 8.73. The zero-order valence-corrected chi connectivity index (χ0v) is 9.45. The number of nitrogens with zero attached hydrogens (tertiary/aromatic N) is 2. The Bertz CT molecular complexity index is 213. The molecule has 86 valence electrons. The molecule has 1 amide bonds. The van der Waals surface area contributed by atoms with Crippen LogP contribution >= 0.6 is 0 Å². The minimum absolute atomic E-state index is 0.0595. The van der Waals surface area contributed by atoms with E-state index in [4.69, 9.17) is 10.00 Å². The second kappa shape index (κ2) is 9.44. The van der Waals surface area contributed by atoms with Crippen LogP contribution in [0.4, 0.5) is 0 Å². The summed E-state index contributed by atoms with van der Waals surface area (Å²) in [5.74, 6) is -0.0595. The van der Waals surface area contributed by atoms with Gasteiger partial charge in [-0.3, -0.25) is 9.69 Å². The standard InChI is InChI=1S/C10H19N3O2/c1-3-6-13(7-4-11)9-10(14)12-5-8-15-2/h3,5-9H2,1-2H3,(H,12,14). The van der Waals surface area contributed by atoms with Crippen molar-refractivity contribution in [1.29, 1.82) is 5.26 Å². The summed E-state index contributed by atoms with van der Waals surface area (Å²) in [5, 5.41) is 11.3. The minimum Gasteiger partial charge on any atom is -0.383 e. The Morgan fingerprint density at radius 3 is 2.87 bits per heavy atom. The second-order valence-electron chi connectivity index (χ2n) is 3.21. The van der Waals surface area contributed by atoms with Crippen LogP contribution < -0.4 is 5.32 Å². The van der Waals surface area contributed by atoms with E-state index in [2.05, 4.69) is 5.32 Å². The first kappa shape index (κ1) is 13.9. The SMILES string of the molecule is CCCN(CC#N)CC(=O)NCCOC. The van der Waals surface area contributed by atoms with E-state index in [1.807, 2.05) is 17.9 Å². The third kappa shape index (κ3) is 7.91. The monoisotopic (exact) mass is 213 g/mol. The summed E-state index contributed by atoms with van der Waals surface area (Å²) >= 11 is 0. The van der Waals surface area contributed by atoms with E-state index >= 15 is 0 Å². The van der Waals surface area contributed by atoms with Gasteiger partial charge in [0.05, 0.1) is 25.8 Å². The number of carbonyl (C=O) groups excluding carboxylic acids is 1. The molecule has 0 aromatic heterocycles. The Balaban J connectivity index is 3.74. The highest BCUT2D eigenvalue weighted by Gasteiger charge is 2.08. The average Bonchev–Trinajstić information content (AvgIpc) is 2.19. The third-order valence-corrected chi connectivity index (χ3v) is 1.83. The van der Waals surface area contributed by atoms with Gasteiger partial charge >= 0.3 is 0 Å². The van der Waals surface area contributed by atoms with Crippen LogP contribution in [0.15, 0.2) is 0 Å². The van der Waals surface area contributed by atoms with Crippen molar-refractivity contribution in [1.82, 2.24) is 10.2 Å². The van der Waals surface area contributed by atoms with Gasteiger partial charge in [0, 0.05) is 13.7 Å². The molecule has 5 nitrogen and oxygen atoms in total. The van der Waals surface area contributed by atoms with Crippen molar-refractivity contribution >= 4 is 5.91 Å². The molecule has 5 heteroatoms. The highest BCUT2D eigenvalue weighted by Crippen LogP contribution is 1.89. The number of rotatable bonds is 8. The van der Waals surface area contributed by atoms with Crippen LogP contribution in [0, 0.1) is 11.3 Å². The van der Waals surface area contributed by atoms with Gasteiger partial charge in [-0.15, -0.1) is 0 Å². The average molecular weight is 213 g/mol. The molecule has 1 N–H and O–H groups in total. The van der Waals surface area contributed by atoms with Crippen molar-refractivity contribution in [3.63, 3.8) is 0 Å². The summed E-state index contributed by atoms with van der Waals surface area (Å²) in [4.78, 5) is 13.2. The molecule has 0 atom stereocenters. The number of carbonyl (C=O) groups is 1. The number of ether oxygens (including phenoxy) is 1. The summed E-state index contributed by atoms with van der Waals surface area (Å²) < 4.78 is 4.81. The summed E-state index contributed by atoms with van der Waals surface area (Å²) in [7, 11) is 1.59. The van der Waals surface area contributed by atoms with Crippen LogP contribution in [-0.2, 0) is 9.53 Å². The maximum Gasteiger partial charge on any atom is 0.234 e. The van der Waals surface area contributed by atoms with Crippen molar-refractivity contribution in [3.8, 4) is 6.07 Å². The van der Waals surface area contributed by atoms with Crippen LogP contribution in [0.2, 0.25) is 0 Å². The summed E-state index contributed by atoms with van der Waals surface area (Å²) in [6.45, 7) is 4.40. The Morgan fingerprint density at radius 1 is 1.60 bits per heavy atom. The minimum atomic E-state index is -0.0595. The molecular weight excluding hydrogens is 194 g/mol. The highest BCUT2D eigenvalue weighted by molar-refractivity contribution is 5.78. The van der Waals surface area contributed by atoms with Crippen LogP contribution in [0.3, 0.4) is 0 Å². The largest absolute Gasteiger partial charge is 0.383 e. The van der Waals surface area contributed by atoms with E-state index in [1.165, 1.54) is 0 Å². The van der Waals surface area contributed by atoms with Crippen LogP contribution in [0.25, 0.3) is 0 Å². The molecule has 0 aliphatic rings. The highest BCUT2D eigenvalue weighted by atomic mass is 16.5. The zero-order valence-electron chi connectivity index (χ0n) is 9.45. The van der Waals surface area contributed by atoms with Crippen molar-refractivity contribution in [2.24, 2.45) is 0 Å². The molecule has 0 spiro atoms. The number of nitriles is 1. The van der Waals surface area contributed by atoms with Crippen molar-refractivity contribution < 1.29 is 9.53 Å². The molecule has 0 aliphatic carbocycles. The maximum absolute atomic E-state index is 11.4. The summed E-state index contributed by atoms with van der Waals surface area (Å²) in [5.41, 5.74) is 0. The number of hydrogen-bond donors (Lipinski definition) is 1. The molecule has 15 heavy (non-hydrogen) atoms. The molecule has 0 unspecified atom stereocenters. The zero-order chi connectivity index (χ0) is 11.5. The Morgan fingerprint density at radius 2 is 2.33 bits per heavy atom. The number of methoxy groups -OCH3 is 1. The molecule has 0 heterocycles. The topological polar surface area (TPSA) is 65.4 Å². The van der Waals surface area contributed by atoms with E-state index in [9.17, 15) is 4.79 Å². The fourth-order valence-corrected chi connectivity index (χ4v) is 1.18. The molecule has 0 fully saturated rings. The lowest BCUT2D eigenvalue weighted by atomic mass is 10.4. The lowest BCUT2D eigenvalue weighted by molar-refractivity contribution is -0.122. The number of amides is 1. The van der Waals surface area contributed by atoms with E-state index in [0.717, 1.165) is 13.0 Å². The predicted molar refractivity (Wildman–Crippen MR) is 57.2 cm³/mol. The van der Waals surface area contributed by atoms with Crippen LogP contribution in [0.1, 0.15) is 13.3 Å². The third-order valence-electron chi connectivity index (χ3n) is 1.83. The molecule has 0 aliphatic heterocycles. The predicted octanol–water partition coefficient (Wildman–Crippen LogP) is -0.0154. The Labute approximate surface area is 91.0 Å². The lowest BCUT2D eigenvalue weighted by Crippen LogP contribution is -2.38.